The monoisotopic (exact) mass is 310 g/mol. The first-order valence-electron chi connectivity index (χ1n) is 7.82. The van der Waals surface area contributed by atoms with Crippen molar-refractivity contribution in [2.75, 3.05) is 24.3 Å². The van der Waals surface area contributed by atoms with Crippen molar-refractivity contribution in [2.45, 2.75) is 26.4 Å². The molecule has 0 aliphatic heterocycles. The van der Waals surface area contributed by atoms with Gasteiger partial charge < -0.3 is 14.8 Å². The molecule has 6 heteroatoms. The average molecular weight is 310 g/mol. The second-order valence-corrected chi connectivity index (χ2v) is 5.71. The molecule has 1 unspecified atom stereocenters. The van der Waals surface area contributed by atoms with Crippen molar-refractivity contribution in [3.63, 3.8) is 0 Å². The molecule has 0 aliphatic rings. The highest BCUT2D eigenvalue weighted by Gasteiger charge is 2.16. The van der Waals surface area contributed by atoms with E-state index in [0.717, 1.165) is 29.2 Å². The van der Waals surface area contributed by atoms with Crippen LogP contribution in [0.3, 0.4) is 0 Å². The maximum atomic E-state index is 4.78. The molecule has 3 aromatic rings. The van der Waals surface area contributed by atoms with E-state index in [1.54, 1.807) is 6.20 Å². The quantitative estimate of drug-likeness (QED) is 0.785. The Hall–Kier alpha value is -2.63. The van der Waals surface area contributed by atoms with Gasteiger partial charge in [0.1, 0.15) is 11.6 Å². The molecule has 0 amide bonds. The van der Waals surface area contributed by atoms with E-state index in [-0.39, 0.29) is 6.04 Å². The van der Waals surface area contributed by atoms with Crippen molar-refractivity contribution in [3.8, 4) is 0 Å². The third-order valence-corrected chi connectivity index (χ3v) is 3.79. The number of hydrogen-bond donors (Lipinski definition) is 1. The summed E-state index contributed by atoms with van der Waals surface area (Å²) >= 11 is 0. The van der Waals surface area contributed by atoms with E-state index >= 15 is 0 Å². The molecule has 0 fully saturated rings. The molecule has 0 bridgehead atoms. The number of imidazole rings is 1. The van der Waals surface area contributed by atoms with Gasteiger partial charge in [0.15, 0.2) is 0 Å². The second kappa shape index (κ2) is 6.24. The van der Waals surface area contributed by atoms with E-state index in [9.17, 15) is 0 Å². The number of aromatic nitrogens is 4. The molecule has 3 rings (SSSR count). The topological polar surface area (TPSA) is 58.9 Å². The fourth-order valence-electron chi connectivity index (χ4n) is 2.69. The number of nitrogens with zero attached hydrogens (tertiary/aromatic N) is 5. The molecule has 1 atom stereocenters. The standard InChI is InChI=1S/C17H22N6/c1-5-23-14-9-7-6-8-13(14)20-16(23)12(2)19-15-10-11-18-17(21-15)22(3)4/h6-12H,5H2,1-4H3,(H,18,19,21). The zero-order valence-electron chi connectivity index (χ0n) is 14.0. The van der Waals surface area contributed by atoms with Crippen LogP contribution in [0.1, 0.15) is 25.7 Å². The number of fused-ring (bicyclic) bond motifs is 1. The van der Waals surface area contributed by atoms with E-state index in [1.807, 2.05) is 43.3 Å². The summed E-state index contributed by atoms with van der Waals surface area (Å²) in [4.78, 5) is 15.4. The van der Waals surface area contributed by atoms with Crippen molar-refractivity contribution in [2.24, 2.45) is 0 Å². The van der Waals surface area contributed by atoms with Crippen LogP contribution in [-0.4, -0.2) is 33.6 Å². The number of hydrogen-bond acceptors (Lipinski definition) is 5. The normalized spacial score (nSPS) is 12.3. The molecule has 2 heterocycles. The van der Waals surface area contributed by atoms with Crippen molar-refractivity contribution < 1.29 is 0 Å². The van der Waals surface area contributed by atoms with Gasteiger partial charge in [0.2, 0.25) is 5.95 Å². The molecule has 120 valence electrons. The zero-order valence-corrected chi connectivity index (χ0v) is 14.0. The van der Waals surface area contributed by atoms with Gasteiger partial charge in [-0.2, -0.15) is 4.98 Å². The zero-order chi connectivity index (χ0) is 16.4. The Bertz CT molecular complexity index is 808. The molecule has 2 aromatic heterocycles. The first-order chi connectivity index (χ1) is 11.1. The lowest BCUT2D eigenvalue weighted by Gasteiger charge is -2.17. The maximum Gasteiger partial charge on any atom is 0.226 e. The smallest absolute Gasteiger partial charge is 0.226 e. The minimum atomic E-state index is 0.0484. The van der Waals surface area contributed by atoms with Crippen LogP contribution in [0.5, 0.6) is 0 Å². The van der Waals surface area contributed by atoms with E-state index in [1.165, 1.54) is 0 Å². The summed E-state index contributed by atoms with van der Waals surface area (Å²) in [6.45, 7) is 5.12. The Morgan fingerprint density at radius 3 is 2.70 bits per heavy atom. The molecule has 0 spiro atoms. The first-order valence-corrected chi connectivity index (χ1v) is 7.82. The van der Waals surface area contributed by atoms with Crippen LogP contribution < -0.4 is 10.2 Å². The minimum Gasteiger partial charge on any atom is -0.360 e. The van der Waals surface area contributed by atoms with E-state index in [2.05, 4.69) is 39.8 Å². The van der Waals surface area contributed by atoms with Crippen molar-refractivity contribution in [3.05, 3.63) is 42.4 Å². The van der Waals surface area contributed by atoms with Crippen LogP contribution in [0.2, 0.25) is 0 Å². The lowest BCUT2D eigenvalue weighted by Crippen LogP contribution is -2.16. The Kier molecular flexibility index (Phi) is 4.14. The highest BCUT2D eigenvalue weighted by molar-refractivity contribution is 5.76. The molecule has 0 aliphatic carbocycles. The Balaban J connectivity index is 1.91. The summed E-state index contributed by atoms with van der Waals surface area (Å²) in [7, 11) is 3.86. The van der Waals surface area contributed by atoms with Gasteiger partial charge in [-0.15, -0.1) is 0 Å². The predicted octanol–water partition coefficient (Wildman–Crippen LogP) is 3.09. The van der Waals surface area contributed by atoms with Crippen LogP contribution in [0.15, 0.2) is 36.5 Å². The summed E-state index contributed by atoms with van der Waals surface area (Å²) < 4.78 is 2.24. The first kappa shape index (κ1) is 15.3. The van der Waals surface area contributed by atoms with Gasteiger partial charge in [-0.25, -0.2) is 9.97 Å². The average Bonchev–Trinajstić information content (AvgIpc) is 2.93. The van der Waals surface area contributed by atoms with Crippen molar-refractivity contribution in [1.29, 1.82) is 0 Å². The van der Waals surface area contributed by atoms with Crippen LogP contribution in [0.4, 0.5) is 11.8 Å². The SMILES string of the molecule is CCn1c(C(C)Nc2ccnc(N(C)C)n2)nc2ccccc21. The molecule has 0 saturated heterocycles. The fourth-order valence-corrected chi connectivity index (χ4v) is 2.69. The molecular weight excluding hydrogens is 288 g/mol. The summed E-state index contributed by atoms with van der Waals surface area (Å²) in [5.74, 6) is 2.50. The Morgan fingerprint density at radius 2 is 1.96 bits per heavy atom. The summed E-state index contributed by atoms with van der Waals surface area (Å²) in [6.07, 6.45) is 1.76. The van der Waals surface area contributed by atoms with Crippen LogP contribution in [-0.2, 0) is 6.54 Å². The molecule has 0 radical (unpaired) electrons. The largest absolute Gasteiger partial charge is 0.360 e. The second-order valence-electron chi connectivity index (χ2n) is 5.71. The van der Waals surface area contributed by atoms with Gasteiger partial charge in [0.05, 0.1) is 17.1 Å². The van der Waals surface area contributed by atoms with Gasteiger partial charge in [-0.1, -0.05) is 12.1 Å². The molecule has 0 saturated carbocycles. The van der Waals surface area contributed by atoms with Gasteiger partial charge in [-0.3, -0.25) is 0 Å². The number of nitrogens with one attached hydrogen (secondary N) is 1. The summed E-state index contributed by atoms with van der Waals surface area (Å²) in [5, 5.41) is 3.43. The molecule has 1 N–H and O–H groups in total. The Labute approximate surface area is 136 Å². The van der Waals surface area contributed by atoms with Crippen molar-refractivity contribution >= 4 is 22.8 Å². The number of benzene rings is 1. The highest BCUT2D eigenvalue weighted by atomic mass is 15.2. The van der Waals surface area contributed by atoms with E-state index in [4.69, 9.17) is 4.98 Å². The Morgan fingerprint density at radius 1 is 1.17 bits per heavy atom. The number of para-hydroxylation sites is 2. The van der Waals surface area contributed by atoms with Crippen LogP contribution in [0.25, 0.3) is 11.0 Å². The lowest BCUT2D eigenvalue weighted by atomic mass is 10.3. The summed E-state index contributed by atoms with van der Waals surface area (Å²) in [5.41, 5.74) is 2.19. The van der Waals surface area contributed by atoms with Gasteiger partial charge >= 0.3 is 0 Å². The highest BCUT2D eigenvalue weighted by Crippen LogP contribution is 2.23. The number of aryl methyl sites for hydroxylation is 1. The molecule has 23 heavy (non-hydrogen) atoms. The maximum absolute atomic E-state index is 4.78. The predicted molar refractivity (Wildman–Crippen MR) is 93.8 cm³/mol. The molecule has 1 aromatic carbocycles. The van der Waals surface area contributed by atoms with Gasteiger partial charge in [-0.05, 0) is 32.0 Å². The summed E-state index contributed by atoms with van der Waals surface area (Å²) in [6, 6.07) is 10.1. The van der Waals surface area contributed by atoms with Gasteiger partial charge in [0, 0.05) is 26.8 Å². The van der Waals surface area contributed by atoms with Gasteiger partial charge in [0.25, 0.3) is 0 Å². The minimum absolute atomic E-state index is 0.0484. The molecular formula is C17H22N6. The third kappa shape index (κ3) is 2.97. The third-order valence-electron chi connectivity index (χ3n) is 3.79. The van der Waals surface area contributed by atoms with E-state index in [0.29, 0.717) is 5.95 Å². The number of anilines is 2. The van der Waals surface area contributed by atoms with Crippen LogP contribution >= 0.6 is 0 Å². The lowest BCUT2D eigenvalue weighted by molar-refractivity contribution is 0.672. The fraction of sp³-hybridized carbons (Fsp3) is 0.353. The van der Waals surface area contributed by atoms with Crippen molar-refractivity contribution in [1.82, 2.24) is 19.5 Å². The molecule has 6 nitrogen and oxygen atoms in total. The van der Waals surface area contributed by atoms with E-state index < -0.39 is 0 Å². The number of rotatable bonds is 5. The van der Waals surface area contributed by atoms with Crippen LogP contribution in [0, 0.1) is 0 Å².